The summed E-state index contributed by atoms with van der Waals surface area (Å²) < 4.78 is 5.17. The fourth-order valence-electron chi connectivity index (χ4n) is 1.76. The van der Waals surface area contributed by atoms with Gasteiger partial charge in [0.2, 0.25) is 0 Å². The second kappa shape index (κ2) is 5.76. The van der Waals surface area contributed by atoms with Gasteiger partial charge < -0.3 is 10.5 Å². The van der Waals surface area contributed by atoms with Gasteiger partial charge in [-0.25, -0.2) is 0 Å². The van der Waals surface area contributed by atoms with Crippen molar-refractivity contribution in [1.82, 2.24) is 0 Å². The number of benzene rings is 1. The van der Waals surface area contributed by atoms with Crippen molar-refractivity contribution in [3.05, 3.63) is 28.8 Å². The summed E-state index contributed by atoms with van der Waals surface area (Å²) in [7, 11) is 1.62. The van der Waals surface area contributed by atoms with Crippen LogP contribution < -0.4 is 10.5 Å². The molecule has 0 radical (unpaired) electrons. The number of ether oxygens (including phenoxy) is 1. The zero-order chi connectivity index (χ0) is 10.8. The van der Waals surface area contributed by atoms with Gasteiger partial charge in [0.15, 0.2) is 0 Å². The van der Waals surface area contributed by atoms with Gasteiger partial charge in [0, 0.05) is 6.04 Å². The lowest BCUT2D eigenvalue weighted by molar-refractivity contribution is 0.413. The van der Waals surface area contributed by atoms with E-state index >= 15 is 0 Å². The Morgan fingerprint density at radius 2 is 2.19 bits per heavy atom. The van der Waals surface area contributed by atoms with Crippen molar-refractivity contribution in [3.8, 4) is 5.75 Å². The van der Waals surface area contributed by atoms with E-state index < -0.39 is 0 Å². The lowest BCUT2D eigenvalue weighted by Gasteiger charge is -2.13. The number of nitrogens with two attached hydrogens (primary N) is 1. The van der Waals surface area contributed by atoms with E-state index in [2.05, 4.69) is 0 Å². The lowest BCUT2D eigenvalue weighted by atomic mass is 10.0. The highest BCUT2D eigenvalue weighted by Crippen LogP contribution is 2.37. The molecule has 0 amide bonds. The molecular formula is C12H17Cl2NO. The Morgan fingerprint density at radius 3 is 2.75 bits per heavy atom. The van der Waals surface area contributed by atoms with Crippen molar-refractivity contribution >= 4 is 24.0 Å². The quantitative estimate of drug-likeness (QED) is 0.900. The Labute approximate surface area is 108 Å². The van der Waals surface area contributed by atoms with E-state index in [1.807, 2.05) is 18.2 Å². The van der Waals surface area contributed by atoms with Gasteiger partial charge in [-0.05, 0) is 30.0 Å². The molecule has 90 valence electrons. The molecule has 0 bridgehead atoms. The molecular weight excluding hydrogens is 245 g/mol. The molecule has 2 rings (SSSR count). The van der Waals surface area contributed by atoms with Crippen molar-refractivity contribution in [2.75, 3.05) is 7.11 Å². The lowest BCUT2D eigenvalue weighted by Crippen LogP contribution is -2.11. The van der Waals surface area contributed by atoms with E-state index in [-0.39, 0.29) is 18.4 Å². The molecule has 1 fully saturated rings. The van der Waals surface area contributed by atoms with Gasteiger partial charge >= 0.3 is 0 Å². The number of methoxy groups -OCH3 is 1. The van der Waals surface area contributed by atoms with Gasteiger partial charge in [-0.2, -0.15) is 0 Å². The number of hydrogen-bond donors (Lipinski definition) is 1. The maximum Gasteiger partial charge on any atom is 0.137 e. The average molecular weight is 262 g/mol. The smallest absolute Gasteiger partial charge is 0.137 e. The van der Waals surface area contributed by atoms with Crippen LogP contribution in [-0.2, 0) is 0 Å². The average Bonchev–Trinajstić information content (AvgIpc) is 3.02. The van der Waals surface area contributed by atoms with Crippen molar-refractivity contribution in [2.45, 2.75) is 25.3 Å². The minimum Gasteiger partial charge on any atom is -0.495 e. The summed E-state index contributed by atoms with van der Waals surface area (Å²) in [6, 6.07) is 5.89. The molecule has 1 aliphatic carbocycles. The monoisotopic (exact) mass is 261 g/mol. The third-order valence-corrected chi connectivity index (χ3v) is 3.20. The first-order chi connectivity index (χ1) is 7.20. The van der Waals surface area contributed by atoms with Crippen LogP contribution in [0.15, 0.2) is 18.2 Å². The third kappa shape index (κ3) is 3.27. The Bertz CT molecular complexity index is 353. The van der Waals surface area contributed by atoms with E-state index in [1.165, 1.54) is 12.8 Å². The Hall–Kier alpha value is -0.440. The van der Waals surface area contributed by atoms with Crippen molar-refractivity contribution in [1.29, 1.82) is 0 Å². The zero-order valence-corrected chi connectivity index (χ0v) is 10.9. The normalized spacial score (nSPS) is 16.4. The Balaban J connectivity index is 0.00000128. The molecule has 1 saturated carbocycles. The van der Waals surface area contributed by atoms with Crippen LogP contribution in [0.5, 0.6) is 5.75 Å². The summed E-state index contributed by atoms with van der Waals surface area (Å²) >= 11 is 5.95. The molecule has 0 spiro atoms. The summed E-state index contributed by atoms with van der Waals surface area (Å²) in [4.78, 5) is 0. The molecule has 1 atom stereocenters. The maximum atomic E-state index is 6.11. The van der Waals surface area contributed by atoms with Crippen molar-refractivity contribution < 1.29 is 4.74 Å². The maximum absolute atomic E-state index is 6.11. The van der Waals surface area contributed by atoms with Crippen molar-refractivity contribution in [2.24, 2.45) is 11.7 Å². The SMILES string of the molecule is COc1cc([C@H](N)CC2CC2)ccc1Cl.Cl. The van der Waals surface area contributed by atoms with Crippen molar-refractivity contribution in [3.63, 3.8) is 0 Å². The van der Waals surface area contributed by atoms with Crippen LogP contribution >= 0.6 is 24.0 Å². The highest BCUT2D eigenvalue weighted by atomic mass is 35.5. The van der Waals surface area contributed by atoms with Crippen LogP contribution in [-0.4, -0.2) is 7.11 Å². The largest absolute Gasteiger partial charge is 0.495 e. The van der Waals surface area contributed by atoms with Gasteiger partial charge in [-0.3, -0.25) is 0 Å². The molecule has 1 aliphatic rings. The predicted octanol–water partition coefficient (Wildman–Crippen LogP) is 3.57. The van der Waals surface area contributed by atoms with Gasteiger partial charge in [0.05, 0.1) is 12.1 Å². The van der Waals surface area contributed by atoms with Crippen LogP contribution in [0.1, 0.15) is 30.9 Å². The second-order valence-electron chi connectivity index (χ2n) is 4.18. The highest BCUT2D eigenvalue weighted by Gasteiger charge is 2.24. The summed E-state index contributed by atoms with van der Waals surface area (Å²) in [5, 5.41) is 0.639. The molecule has 0 unspecified atom stereocenters. The van der Waals surface area contributed by atoms with Crippen LogP contribution in [0.3, 0.4) is 0 Å². The summed E-state index contributed by atoms with van der Waals surface area (Å²) in [5.74, 6) is 1.54. The molecule has 0 aliphatic heterocycles. The van der Waals surface area contributed by atoms with Gasteiger partial charge in [-0.1, -0.05) is 30.5 Å². The summed E-state index contributed by atoms with van der Waals surface area (Å²) in [6.45, 7) is 0. The van der Waals surface area contributed by atoms with E-state index in [4.69, 9.17) is 22.1 Å². The van der Waals surface area contributed by atoms with Crippen LogP contribution in [0.25, 0.3) is 0 Å². The minimum atomic E-state index is 0. The minimum absolute atomic E-state index is 0. The first-order valence-electron chi connectivity index (χ1n) is 5.29. The molecule has 0 heterocycles. The van der Waals surface area contributed by atoms with Gasteiger partial charge in [-0.15, -0.1) is 12.4 Å². The Kier molecular flexibility index (Phi) is 4.90. The number of hydrogen-bond acceptors (Lipinski definition) is 2. The summed E-state index contributed by atoms with van der Waals surface area (Å²) in [5.41, 5.74) is 7.22. The topological polar surface area (TPSA) is 35.2 Å². The van der Waals surface area contributed by atoms with Gasteiger partial charge in [0.1, 0.15) is 5.75 Å². The fourth-order valence-corrected chi connectivity index (χ4v) is 1.95. The summed E-state index contributed by atoms with van der Waals surface area (Å²) in [6.07, 6.45) is 3.74. The number of rotatable bonds is 4. The van der Waals surface area contributed by atoms with Crippen LogP contribution in [0.2, 0.25) is 5.02 Å². The van der Waals surface area contributed by atoms with E-state index in [1.54, 1.807) is 7.11 Å². The molecule has 16 heavy (non-hydrogen) atoms. The van der Waals surface area contributed by atoms with Crippen LogP contribution in [0.4, 0.5) is 0 Å². The number of halogens is 2. The standard InChI is InChI=1S/C12H16ClNO.ClH/c1-15-12-7-9(4-5-10(12)13)11(14)6-8-2-3-8;/h4-5,7-8,11H,2-3,6,14H2,1H3;1H/t11-;/m1./s1. The predicted molar refractivity (Wildman–Crippen MR) is 69.5 cm³/mol. The van der Waals surface area contributed by atoms with E-state index in [0.717, 1.165) is 17.9 Å². The molecule has 2 N–H and O–H groups in total. The first-order valence-corrected chi connectivity index (χ1v) is 5.67. The molecule has 0 aromatic heterocycles. The van der Waals surface area contributed by atoms with Gasteiger partial charge in [0.25, 0.3) is 0 Å². The second-order valence-corrected chi connectivity index (χ2v) is 4.59. The fraction of sp³-hybridized carbons (Fsp3) is 0.500. The molecule has 2 nitrogen and oxygen atoms in total. The van der Waals surface area contributed by atoms with E-state index in [0.29, 0.717) is 10.8 Å². The third-order valence-electron chi connectivity index (χ3n) is 2.89. The molecule has 4 heteroatoms. The first kappa shape index (κ1) is 13.6. The highest BCUT2D eigenvalue weighted by molar-refractivity contribution is 6.32. The zero-order valence-electron chi connectivity index (χ0n) is 9.28. The molecule has 0 saturated heterocycles. The Morgan fingerprint density at radius 1 is 1.50 bits per heavy atom. The van der Waals surface area contributed by atoms with E-state index in [9.17, 15) is 0 Å². The van der Waals surface area contributed by atoms with Crippen LogP contribution in [0, 0.1) is 5.92 Å². The molecule has 1 aromatic rings. The molecule has 1 aromatic carbocycles.